The van der Waals surface area contributed by atoms with Gasteiger partial charge in [-0.05, 0) is 47.8 Å². The topological polar surface area (TPSA) is 43.4 Å². The summed E-state index contributed by atoms with van der Waals surface area (Å²) in [5, 5.41) is 0.393. The van der Waals surface area contributed by atoms with Gasteiger partial charge in [-0.3, -0.25) is 9.59 Å². The van der Waals surface area contributed by atoms with Crippen molar-refractivity contribution in [1.82, 2.24) is 0 Å². The Hall–Kier alpha value is -0.510. The van der Waals surface area contributed by atoms with Crippen molar-refractivity contribution in [1.29, 1.82) is 0 Å². The lowest BCUT2D eigenvalue weighted by Gasteiger charge is -2.68. The Morgan fingerprint density at radius 3 is 2.74 bits per heavy atom. The normalized spacial score (nSPS) is 41.5. The van der Waals surface area contributed by atoms with E-state index in [4.69, 9.17) is 4.74 Å². The number of ketones is 1. The highest BCUT2D eigenvalue weighted by molar-refractivity contribution is 8.00. The number of ether oxygens (including phenoxy) is 1. The summed E-state index contributed by atoms with van der Waals surface area (Å²) in [5.74, 6) is 3.36. The molecule has 3 nitrogen and oxygen atoms in total. The number of methoxy groups -OCH3 is 1. The van der Waals surface area contributed by atoms with Gasteiger partial charge in [0.1, 0.15) is 5.78 Å². The van der Waals surface area contributed by atoms with Crippen LogP contribution in [0.2, 0.25) is 0 Å². The molecule has 130 valence electrons. The minimum atomic E-state index is -0.144. The van der Waals surface area contributed by atoms with Crippen LogP contribution in [0.1, 0.15) is 59.3 Å². The molecule has 23 heavy (non-hydrogen) atoms. The van der Waals surface area contributed by atoms with E-state index in [1.54, 1.807) is 0 Å². The molecule has 2 bridgehead atoms. The lowest BCUT2D eigenvalue weighted by molar-refractivity contribution is -0.177. The molecule has 4 rings (SSSR count). The standard InChI is InChI=1S/C19H30O3S/c1-12-15-9-13(18(15,2)3)11-19(12)7-5-14(20)10-16(19)23-8-6-17(21)22-4/h12-13,15-16H,5-11H2,1-4H3/t12?,13-,15+,16?,19?/m1/s1. The Morgan fingerprint density at radius 2 is 2.13 bits per heavy atom. The zero-order chi connectivity index (χ0) is 16.8. The van der Waals surface area contributed by atoms with Crippen molar-refractivity contribution in [3.8, 4) is 0 Å². The molecule has 0 amide bonds. The molecular formula is C19H30O3S. The quantitative estimate of drug-likeness (QED) is 0.724. The van der Waals surface area contributed by atoms with Gasteiger partial charge in [-0.2, -0.15) is 11.8 Å². The fourth-order valence-electron chi connectivity index (χ4n) is 5.71. The van der Waals surface area contributed by atoms with Crippen molar-refractivity contribution in [2.24, 2.45) is 28.6 Å². The molecule has 0 aliphatic heterocycles. The van der Waals surface area contributed by atoms with Crippen LogP contribution in [-0.4, -0.2) is 29.9 Å². The molecule has 4 aliphatic rings. The maximum atomic E-state index is 12.1. The van der Waals surface area contributed by atoms with E-state index in [0.717, 1.165) is 30.4 Å². The second-order valence-electron chi connectivity index (χ2n) is 8.51. The molecule has 0 saturated heterocycles. The van der Waals surface area contributed by atoms with Gasteiger partial charge in [0.15, 0.2) is 0 Å². The first-order valence-electron chi connectivity index (χ1n) is 9.01. The number of rotatable bonds is 4. The molecule has 3 unspecified atom stereocenters. The summed E-state index contributed by atoms with van der Waals surface area (Å²) in [6.07, 6.45) is 5.64. The third-order valence-electron chi connectivity index (χ3n) is 7.46. The Balaban J connectivity index is 1.73. The zero-order valence-corrected chi connectivity index (χ0v) is 15.7. The lowest BCUT2D eigenvalue weighted by Crippen LogP contribution is -2.62. The summed E-state index contributed by atoms with van der Waals surface area (Å²) >= 11 is 1.86. The summed E-state index contributed by atoms with van der Waals surface area (Å²) in [4.78, 5) is 23.5. The van der Waals surface area contributed by atoms with Crippen LogP contribution in [-0.2, 0) is 14.3 Å². The van der Waals surface area contributed by atoms with Crippen LogP contribution in [0, 0.1) is 28.6 Å². The predicted molar refractivity (Wildman–Crippen MR) is 93.3 cm³/mol. The monoisotopic (exact) mass is 338 g/mol. The van der Waals surface area contributed by atoms with E-state index in [1.807, 2.05) is 11.8 Å². The first-order valence-corrected chi connectivity index (χ1v) is 10.1. The third-order valence-corrected chi connectivity index (χ3v) is 8.94. The molecule has 0 heterocycles. The van der Waals surface area contributed by atoms with Gasteiger partial charge in [-0.25, -0.2) is 0 Å². The van der Waals surface area contributed by atoms with Crippen molar-refractivity contribution >= 4 is 23.5 Å². The van der Waals surface area contributed by atoms with Crippen LogP contribution >= 0.6 is 11.8 Å². The van der Waals surface area contributed by atoms with Crippen LogP contribution in [0.5, 0.6) is 0 Å². The fraction of sp³-hybridized carbons (Fsp3) is 0.895. The molecular weight excluding hydrogens is 308 g/mol. The van der Waals surface area contributed by atoms with E-state index in [9.17, 15) is 9.59 Å². The minimum absolute atomic E-state index is 0.144. The van der Waals surface area contributed by atoms with Gasteiger partial charge >= 0.3 is 5.97 Å². The molecule has 0 N–H and O–H groups in total. The molecule has 5 atom stereocenters. The SMILES string of the molecule is COC(=O)CCSC1CC(=O)CCC12C[C@H]1C[C@@H](C2C)C1(C)C. The largest absolute Gasteiger partial charge is 0.469 e. The van der Waals surface area contributed by atoms with Crippen molar-refractivity contribution in [2.45, 2.75) is 64.5 Å². The van der Waals surface area contributed by atoms with Crippen LogP contribution in [0.4, 0.5) is 0 Å². The number of Topliss-reactive ketones (excluding diaryl/α,β-unsaturated/α-hetero) is 1. The number of thioether (sulfide) groups is 1. The molecule has 1 spiro atoms. The Bertz CT molecular complexity index is 501. The average molecular weight is 339 g/mol. The number of hydrogen-bond acceptors (Lipinski definition) is 4. The summed E-state index contributed by atoms with van der Waals surface area (Å²) in [7, 11) is 1.44. The first-order chi connectivity index (χ1) is 10.8. The van der Waals surface area contributed by atoms with Gasteiger partial charge in [0.2, 0.25) is 0 Å². The van der Waals surface area contributed by atoms with Gasteiger partial charge in [0.05, 0.1) is 13.5 Å². The van der Waals surface area contributed by atoms with E-state index in [-0.39, 0.29) is 5.97 Å². The molecule has 4 saturated carbocycles. The summed E-state index contributed by atoms with van der Waals surface area (Å²) in [5.41, 5.74) is 0.797. The van der Waals surface area contributed by atoms with E-state index in [0.29, 0.717) is 40.6 Å². The van der Waals surface area contributed by atoms with Crippen molar-refractivity contribution in [3.05, 3.63) is 0 Å². The Kier molecular flexibility index (Phi) is 4.59. The van der Waals surface area contributed by atoms with Gasteiger partial charge < -0.3 is 4.74 Å². The summed E-state index contributed by atoms with van der Waals surface area (Å²) in [6.45, 7) is 7.30. The molecule has 0 aromatic carbocycles. The molecule has 0 aromatic rings. The van der Waals surface area contributed by atoms with Crippen LogP contribution in [0.3, 0.4) is 0 Å². The maximum Gasteiger partial charge on any atom is 0.306 e. The minimum Gasteiger partial charge on any atom is -0.469 e. The smallest absolute Gasteiger partial charge is 0.306 e. The molecule has 4 aliphatic carbocycles. The molecule has 4 fully saturated rings. The molecule has 0 aromatic heterocycles. The van der Waals surface area contributed by atoms with Gasteiger partial charge in [-0.15, -0.1) is 0 Å². The number of hydrogen-bond donors (Lipinski definition) is 0. The second kappa shape index (κ2) is 6.09. The van der Waals surface area contributed by atoms with Gasteiger partial charge in [-0.1, -0.05) is 20.8 Å². The van der Waals surface area contributed by atoms with Crippen molar-refractivity contribution in [2.75, 3.05) is 12.9 Å². The highest BCUT2D eigenvalue weighted by Crippen LogP contribution is 2.70. The molecule has 0 radical (unpaired) electrons. The molecule has 4 heteroatoms. The van der Waals surface area contributed by atoms with E-state index in [1.165, 1.54) is 20.0 Å². The summed E-state index contributed by atoms with van der Waals surface area (Å²) in [6, 6.07) is 0. The van der Waals surface area contributed by atoms with Crippen LogP contribution < -0.4 is 0 Å². The van der Waals surface area contributed by atoms with Gasteiger partial charge in [0.25, 0.3) is 0 Å². The zero-order valence-electron chi connectivity index (χ0n) is 14.9. The van der Waals surface area contributed by atoms with E-state index >= 15 is 0 Å². The van der Waals surface area contributed by atoms with E-state index < -0.39 is 0 Å². The number of carbonyl (C=O) groups excluding carboxylic acids is 2. The summed E-state index contributed by atoms with van der Waals surface area (Å²) < 4.78 is 4.75. The fourth-order valence-corrected chi connectivity index (χ4v) is 7.34. The van der Waals surface area contributed by atoms with E-state index in [2.05, 4.69) is 20.8 Å². The first kappa shape index (κ1) is 17.3. The van der Waals surface area contributed by atoms with Crippen LogP contribution in [0.25, 0.3) is 0 Å². The average Bonchev–Trinajstić information content (AvgIpc) is 2.52. The Morgan fingerprint density at radius 1 is 1.39 bits per heavy atom. The van der Waals surface area contributed by atoms with Crippen LogP contribution in [0.15, 0.2) is 0 Å². The Labute approximate surface area is 144 Å². The highest BCUT2D eigenvalue weighted by Gasteiger charge is 2.64. The van der Waals surface area contributed by atoms with Crippen molar-refractivity contribution < 1.29 is 14.3 Å². The maximum absolute atomic E-state index is 12.1. The number of esters is 1. The van der Waals surface area contributed by atoms with Crippen molar-refractivity contribution in [3.63, 3.8) is 0 Å². The highest BCUT2D eigenvalue weighted by atomic mass is 32.2. The van der Waals surface area contributed by atoms with Gasteiger partial charge in [0, 0.05) is 23.8 Å². The third kappa shape index (κ3) is 2.75. The number of carbonyl (C=O) groups is 2. The second-order valence-corrected chi connectivity index (χ2v) is 9.83. The lowest BCUT2D eigenvalue weighted by atomic mass is 9.38. The predicted octanol–water partition coefficient (Wildman–Crippen LogP) is 4.09.